The predicted molar refractivity (Wildman–Crippen MR) is 80.3 cm³/mol. The number of fused-ring (bicyclic) bond motifs is 3. The Labute approximate surface area is 119 Å². The molecule has 20 heavy (non-hydrogen) atoms. The maximum absolute atomic E-state index is 4.46. The molecule has 2 N–H and O–H groups in total. The molecule has 0 aliphatic carbocycles. The highest BCUT2D eigenvalue weighted by Gasteiger charge is 2.20. The summed E-state index contributed by atoms with van der Waals surface area (Å²) in [5.74, 6) is 0.904. The van der Waals surface area contributed by atoms with Gasteiger partial charge in [-0.2, -0.15) is 5.10 Å². The van der Waals surface area contributed by atoms with Crippen LogP contribution in [-0.4, -0.2) is 39.3 Å². The Morgan fingerprint density at radius 1 is 1.25 bits per heavy atom. The highest BCUT2D eigenvalue weighted by molar-refractivity contribution is 7.25. The number of rotatable bonds is 2. The maximum atomic E-state index is 4.46. The van der Waals surface area contributed by atoms with Gasteiger partial charge in [0, 0.05) is 18.5 Å². The molecule has 0 unspecified atom stereocenters. The molecule has 102 valence electrons. The third-order valence-electron chi connectivity index (χ3n) is 3.78. The third kappa shape index (κ3) is 1.66. The first-order valence-corrected chi connectivity index (χ1v) is 7.40. The van der Waals surface area contributed by atoms with Gasteiger partial charge in [0.15, 0.2) is 0 Å². The van der Waals surface area contributed by atoms with Crippen LogP contribution in [0, 0.1) is 13.8 Å². The minimum absolute atomic E-state index is 0.451. The van der Waals surface area contributed by atoms with Crippen molar-refractivity contribution in [3.63, 3.8) is 0 Å². The number of aromatic nitrogens is 4. The van der Waals surface area contributed by atoms with Gasteiger partial charge in [-0.3, -0.25) is 0 Å². The number of aryl methyl sites for hydroxylation is 2. The largest absolute Gasteiger partial charge is 0.363 e. The summed E-state index contributed by atoms with van der Waals surface area (Å²) in [4.78, 5) is 9.78. The molecule has 1 fully saturated rings. The van der Waals surface area contributed by atoms with Gasteiger partial charge in [-0.05, 0) is 19.4 Å². The molecule has 4 heterocycles. The zero-order valence-corrected chi connectivity index (χ0v) is 12.1. The summed E-state index contributed by atoms with van der Waals surface area (Å²) in [6.07, 6.45) is 1.62. The summed E-state index contributed by atoms with van der Waals surface area (Å²) in [5, 5.41) is 16.3. The summed E-state index contributed by atoms with van der Waals surface area (Å²) in [6, 6.07) is 0.451. The fourth-order valence-corrected chi connectivity index (χ4v) is 3.46. The SMILES string of the molecule is Cc1nnc2sc3c(NC4CNC4)ncnc3c2c1C. The summed E-state index contributed by atoms with van der Waals surface area (Å²) in [6.45, 7) is 6.01. The summed E-state index contributed by atoms with van der Waals surface area (Å²) < 4.78 is 1.07. The number of thiophene rings is 1. The van der Waals surface area contributed by atoms with Crippen LogP contribution in [0.5, 0.6) is 0 Å². The second-order valence-corrected chi connectivity index (χ2v) is 6.09. The van der Waals surface area contributed by atoms with Crippen molar-refractivity contribution in [2.45, 2.75) is 19.9 Å². The Morgan fingerprint density at radius 3 is 2.85 bits per heavy atom. The lowest BCUT2D eigenvalue weighted by Gasteiger charge is -2.28. The molecule has 6 nitrogen and oxygen atoms in total. The van der Waals surface area contributed by atoms with Crippen molar-refractivity contribution in [2.75, 3.05) is 18.4 Å². The van der Waals surface area contributed by atoms with E-state index in [0.29, 0.717) is 6.04 Å². The Hall–Kier alpha value is -1.86. The van der Waals surface area contributed by atoms with Gasteiger partial charge in [0.25, 0.3) is 0 Å². The van der Waals surface area contributed by atoms with Crippen LogP contribution >= 0.6 is 11.3 Å². The Morgan fingerprint density at radius 2 is 2.10 bits per heavy atom. The lowest BCUT2D eigenvalue weighted by Crippen LogP contribution is -2.51. The number of anilines is 1. The van der Waals surface area contributed by atoms with E-state index in [4.69, 9.17) is 0 Å². The quantitative estimate of drug-likeness (QED) is 0.746. The molecular formula is C13H14N6S. The van der Waals surface area contributed by atoms with E-state index in [1.165, 1.54) is 0 Å². The van der Waals surface area contributed by atoms with Gasteiger partial charge in [-0.25, -0.2) is 9.97 Å². The van der Waals surface area contributed by atoms with Crippen molar-refractivity contribution in [1.82, 2.24) is 25.5 Å². The zero-order valence-electron chi connectivity index (χ0n) is 11.3. The molecule has 1 saturated heterocycles. The molecule has 0 bridgehead atoms. The second kappa shape index (κ2) is 4.32. The topological polar surface area (TPSA) is 75.6 Å². The van der Waals surface area contributed by atoms with Crippen LogP contribution in [0.25, 0.3) is 20.4 Å². The lowest BCUT2D eigenvalue weighted by molar-refractivity contribution is 0.471. The van der Waals surface area contributed by atoms with Crippen molar-refractivity contribution in [2.24, 2.45) is 0 Å². The molecule has 0 saturated carbocycles. The first-order chi connectivity index (χ1) is 9.74. The van der Waals surface area contributed by atoms with Crippen LogP contribution in [0.1, 0.15) is 11.3 Å². The molecule has 7 heteroatoms. The highest BCUT2D eigenvalue weighted by atomic mass is 32.1. The van der Waals surface area contributed by atoms with Gasteiger partial charge in [0.1, 0.15) is 17.0 Å². The number of nitrogens with one attached hydrogen (secondary N) is 2. The van der Waals surface area contributed by atoms with Gasteiger partial charge in [-0.15, -0.1) is 16.4 Å². The molecule has 3 aromatic rings. The van der Waals surface area contributed by atoms with Crippen molar-refractivity contribution in [3.05, 3.63) is 17.6 Å². The zero-order chi connectivity index (χ0) is 13.7. The van der Waals surface area contributed by atoms with E-state index < -0.39 is 0 Å². The maximum Gasteiger partial charge on any atom is 0.149 e. The van der Waals surface area contributed by atoms with Gasteiger partial charge in [-0.1, -0.05) is 0 Å². The van der Waals surface area contributed by atoms with E-state index in [-0.39, 0.29) is 0 Å². The van der Waals surface area contributed by atoms with Crippen LogP contribution in [-0.2, 0) is 0 Å². The number of hydrogen-bond donors (Lipinski definition) is 2. The summed E-state index contributed by atoms with van der Waals surface area (Å²) in [7, 11) is 0. The van der Waals surface area contributed by atoms with E-state index in [1.807, 2.05) is 6.92 Å². The van der Waals surface area contributed by atoms with E-state index >= 15 is 0 Å². The fraction of sp³-hybridized carbons (Fsp3) is 0.385. The first kappa shape index (κ1) is 11.9. The van der Waals surface area contributed by atoms with Crippen molar-refractivity contribution in [1.29, 1.82) is 0 Å². The molecule has 0 atom stereocenters. The minimum atomic E-state index is 0.451. The number of nitrogens with zero attached hydrogens (tertiary/aromatic N) is 4. The highest BCUT2D eigenvalue weighted by Crippen LogP contribution is 2.36. The lowest BCUT2D eigenvalue weighted by atomic mass is 10.1. The fourth-order valence-electron chi connectivity index (χ4n) is 2.37. The van der Waals surface area contributed by atoms with Crippen molar-refractivity contribution < 1.29 is 0 Å². The minimum Gasteiger partial charge on any atom is -0.363 e. The average Bonchev–Trinajstić information content (AvgIpc) is 2.78. The molecule has 3 aromatic heterocycles. The molecule has 0 spiro atoms. The third-order valence-corrected chi connectivity index (χ3v) is 4.85. The monoisotopic (exact) mass is 286 g/mol. The standard InChI is InChI=1S/C13H14N6S/c1-6-7(2)18-19-13-9(6)10-11(20-13)12(16-5-15-10)17-8-3-14-4-8/h5,8,14H,3-4H2,1-2H3,(H,15,16,17). The predicted octanol–water partition coefficient (Wildman–Crippen LogP) is 1.64. The molecule has 0 aromatic carbocycles. The summed E-state index contributed by atoms with van der Waals surface area (Å²) in [5.41, 5.74) is 3.08. The Balaban J connectivity index is 1.96. The van der Waals surface area contributed by atoms with Crippen LogP contribution in [0.2, 0.25) is 0 Å². The molecule has 1 aliphatic heterocycles. The Bertz CT molecular complexity index is 807. The summed E-state index contributed by atoms with van der Waals surface area (Å²) >= 11 is 1.61. The normalized spacial score (nSPS) is 15.7. The van der Waals surface area contributed by atoms with Gasteiger partial charge < -0.3 is 10.6 Å². The Kier molecular flexibility index (Phi) is 2.58. The van der Waals surface area contributed by atoms with Crippen LogP contribution in [0.15, 0.2) is 6.33 Å². The van der Waals surface area contributed by atoms with E-state index in [0.717, 1.165) is 50.6 Å². The van der Waals surface area contributed by atoms with Crippen molar-refractivity contribution in [3.8, 4) is 0 Å². The molecule has 4 rings (SSSR count). The van der Waals surface area contributed by atoms with E-state index in [2.05, 4.69) is 37.7 Å². The molecular weight excluding hydrogens is 272 g/mol. The first-order valence-electron chi connectivity index (χ1n) is 6.58. The van der Waals surface area contributed by atoms with Crippen LogP contribution in [0.4, 0.5) is 5.82 Å². The van der Waals surface area contributed by atoms with Gasteiger partial charge in [0.05, 0.1) is 22.0 Å². The molecule has 0 amide bonds. The molecule has 0 radical (unpaired) electrons. The smallest absolute Gasteiger partial charge is 0.149 e. The van der Waals surface area contributed by atoms with E-state index in [1.54, 1.807) is 17.7 Å². The van der Waals surface area contributed by atoms with Gasteiger partial charge >= 0.3 is 0 Å². The van der Waals surface area contributed by atoms with E-state index in [9.17, 15) is 0 Å². The number of hydrogen-bond acceptors (Lipinski definition) is 7. The van der Waals surface area contributed by atoms with Crippen LogP contribution < -0.4 is 10.6 Å². The van der Waals surface area contributed by atoms with Gasteiger partial charge in [0.2, 0.25) is 0 Å². The van der Waals surface area contributed by atoms with Crippen molar-refractivity contribution >= 4 is 37.6 Å². The second-order valence-electron chi connectivity index (χ2n) is 5.09. The molecule has 1 aliphatic rings. The van der Waals surface area contributed by atoms with Crippen LogP contribution in [0.3, 0.4) is 0 Å². The average molecular weight is 286 g/mol.